The number of hydrogen-bond acceptors (Lipinski definition) is 7. The van der Waals surface area contributed by atoms with E-state index in [1.165, 1.54) is 0 Å². The molecule has 1 aromatic rings. The van der Waals surface area contributed by atoms with Gasteiger partial charge in [0, 0.05) is 19.6 Å². The molecule has 7 nitrogen and oxygen atoms in total. The lowest BCUT2D eigenvalue weighted by Crippen LogP contribution is -2.57. The van der Waals surface area contributed by atoms with E-state index in [4.69, 9.17) is 4.74 Å². The normalized spacial score (nSPS) is 23.0. The van der Waals surface area contributed by atoms with Crippen molar-refractivity contribution in [1.29, 1.82) is 0 Å². The topological polar surface area (TPSA) is 73.8 Å². The molecule has 2 aliphatic heterocycles. The van der Waals surface area contributed by atoms with Crippen molar-refractivity contribution in [2.24, 2.45) is 0 Å². The van der Waals surface area contributed by atoms with Crippen LogP contribution in [0.25, 0.3) is 0 Å². The molecule has 21 heavy (non-hydrogen) atoms. The van der Waals surface area contributed by atoms with Crippen molar-refractivity contribution in [3.8, 4) is 0 Å². The molecule has 2 N–H and O–H groups in total. The van der Waals surface area contributed by atoms with Crippen LogP contribution in [0.3, 0.4) is 0 Å². The van der Waals surface area contributed by atoms with Crippen molar-refractivity contribution in [2.45, 2.75) is 25.7 Å². The summed E-state index contributed by atoms with van der Waals surface area (Å²) in [7, 11) is 0. The van der Waals surface area contributed by atoms with Gasteiger partial charge in [0.1, 0.15) is 4.60 Å². The van der Waals surface area contributed by atoms with Crippen molar-refractivity contribution in [3.05, 3.63) is 10.8 Å². The Bertz CT molecular complexity index is 521. The van der Waals surface area contributed by atoms with Gasteiger partial charge in [-0.15, -0.1) is 0 Å². The molecule has 116 valence electrons. The maximum Gasteiger partial charge on any atom is 0.208 e. The number of morpholine rings is 1. The second kappa shape index (κ2) is 5.68. The fourth-order valence-electron chi connectivity index (χ4n) is 2.93. The van der Waals surface area contributed by atoms with Crippen molar-refractivity contribution in [3.63, 3.8) is 0 Å². The summed E-state index contributed by atoms with van der Waals surface area (Å²) in [4.78, 5) is 13.0. The molecule has 0 saturated carbocycles. The van der Waals surface area contributed by atoms with Crippen LogP contribution in [0.4, 0.5) is 11.6 Å². The second-order valence-electron chi connectivity index (χ2n) is 5.95. The SMILES string of the molecule is CC(C)(CN1CCOCC1)N1c2nc(Br)cnc2NC1O. The van der Waals surface area contributed by atoms with Crippen molar-refractivity contribution in [1.82, 2.24) is 14.9 Å². The standard InChI is InChI=1S/C13H20BrN5O2/c1-13(2,8-18-3-5-21-6-4-18)19-11-10(17-12(19)20)15-7-9(14)16-11/h7,12,20H,3-6,8H2,1-2H3,(H,15,17). The van der Waals surface area contributed by atoms with Crippen LogP contribution in [0.15, 0.2) is 10.8 Å². The first-order chi connectivity index (χ1) is 9.97. The average molecular weight is 358 g/mol. The zero-order valence-electron chi connectivity index (χ0n) is 12.2. The number of ether oxygens (including phenoxy) is 1. The fourth-order valence-corrected chi connectivity index (χ4v) is 3.20. The minimum atomic E-state index is -0.814. The van der Waals surface area contributed by atoms with Crippen LogP contribution in [-0.2, 0) is 4.74 Å². The molecular formula is C13H20BrN5O2. The zero-order chi connectivity index (χ0) is 15.0. The highest BCUT2D eigenvalue weighted by molar-refractivity contribution is 9.10. The minimum absolute atomic E-state index is 0.287. The van der Waals surface area contributed by atoms with Crippen LogP contribution in [-0.4, -0.2) is 64.7 Å². The van der Waals surface area contributed by atoms with Gasteiger partial charge in [0.2, 0.25) is 6.35 Å². The number of aliphatic hydroxyl groups excluding tert-OH is 1. The third-order valence-electron chi connectivity index (χ3n) is 3.83. The van der Waals surface area contributed by atoms with E-state index in [1.54, 1.807) is 6.20 Å². The van der Waals surface area contributed by atoms with E-state index in [9.17, 15) is 5.11 Å². The number of hydrogen-bond donors (Lipinski definition) is 2. The Morgan fingerprint density at radius 3 is 2.90 bits per heavy atom. The number of nitrogens with zero attached hydrogens (tertiary/aromatic N) is 4. The number of fused-ring (bicyclic) bond motifs is 1. The summed E-state index contributed by atoms with van der Waals surface area (Å²) in [5.74, 6) is 1.29. The number of aromatic nitrogens is 2. The molecule has 1 aromatic heterocycles. The molecule has 3 heterocycles. The largest absolute Gasteiger partial charge is 0.379 e. The van der Waals surface area contributed by atoms with Gasteiger partial charge < -0.3 is 20.1 Å². The summed E-state index contributed by atoms with van der Waals surface area (Å²) >= 11 is 3.34. The van der Waals surface area contributed by atoms with Crippen LogP contribution in [0.5, 0.6) is 0 Å². The van der Waals surface area contributed by atoms with Crippen molar-refractivity contribution >= 4 is 27.6 Å². The molecule has 8 heteroatoms. The van der Waals surface area contributed by atoms with E-state index in [-0.39, 0.29) is 5.54 Å². The summed E-state index contributed by atoms with van der Waals surface area (Å²) in [6.07, 6.45) is 0.808. The van der Waals surface area contributed by atoms with Crippen LogP contribution in [0.2, 0.25) is 0 Å². The van der Waals surface area contributed by atoms with Gasteiger partial charge in [-0.2, -0.15) is 0 Å². The van der Waals surface area contributed by atoms with E-state index in [0.29, 0.717) is 16.2 Å². The first-order valence-corrected chi connectivity index (χ1v) is 7.83. The summed E-state index contributed by atoms with van der Waals surface area (Å²) < 4.78 is 6.04. The smallest absolute Gasteiger partial charge is 0.208 e. The van der Waals surface area contributed by atoms with Crippen LogP contribution in [0, 0.1) is 0 Å². The lowest BCUT2D eigenvalue weighted by atomic mass is 10.0. The van der Waals surface area contributed by atoms with Crippen molar-refractivity contribution in [2.75, 3.05) is 43.1 Å². The quantitative estimate of drug-likeness (QED) is 0.830. The van der Waals surface area contributed by atoms with Gasteiger partial charge in [-0.3, -0.25) is 4.90 Å². The van der Waals surface area contributed by atoms with Gasteiger partial charge in [0.15, 0.2) is 11.6 Å². The highest BCUT2D eigenvalue weighted by Gasteiger charge is 2.41. The first kappa shape index (κ1) is 15.0. The van der Waals surface area contributed by atoms with E-state index < -0.39 is 6.35 Å². The molecule has 3 rings (SSSR count). The van der Waals surface area contributed by atoms with Gasteiger partial charge in [-0.25, -0.2) is 9.97 Å². The monoisotopic (exact) mass is 357 g/mol. The van der Waals surface area contributed by atoms with Crippen molar-refractivity contribution < 1.29 is 9.84 Å². The predicted octanol–water partition coefficient (Wildman–Crippen LogP) is 0.858. The van der Waals surface area contributed by atoms with E-state index in [0.717, 1.165) is 32.8 Å². The molecule has 1 saturated heterocycles. The number of nitrogens with one attached hydrogen (secondary N) is 1. The van der Waals surface area contributed by atoms with E-state index in [1.807, 2.05) is 4.90 Å². The van der Waals surface area contributed by atoms with Gasteiger partial charge in [-0.05, 0) is 29.8 Å². The van der Waals surface area contributed by atoms with Crippen LogP contribution >= 0.6 is 15.9 Å². The fraction of sp³-hybridized carbons (Fsp3) is 0.692. The summed E-state index contributed by atoms with van der Waals surface area (Å²) in [5.41, 5.74) is -0.287. The second-order valence-corrected chi connectivity index (χ2v) is 6.77. The molecule has 0 aromatic carbocycles. The lowest BCUT2D eigenvalue weighted by Gasteiger charge is -2.42. The van der Waals surface area contributed by atoms with Gasteiger partial charge in [0.25, 0.3) is 0 Å². The molecular weight excluding hydrogens is 338 g/mol. The molecule has 1 atom stereocenters. The van der Waals surface area contributed by atoms with E-state index in [2.05, 4.69) is 50.0 Å². The number of aliphatic hydroxyl groups is 1. The Morgan fingerprint density at radius 1 is 1.48 bits per heavy atom. The summed E-state index contributed by atoms with van der Waals surface area (Å²) in [6, 6.07) is 0. The minimum Gasteiger partial charge on any atom is -0.379 e. The Labute approximate surface area is 132 Å². The Balaban J connectivity index is 1.83. The predicted molar refractivity (Wildman–Crippen MR) is 83.2 cm³/mol. The molecule has 0 bridgehead atoms. The average Bonchev–Trinajstić information content (AvgIpc) is 2.75. The third kappa shape index (κ3) is 2.98. The number of anilines is 2. The molecule has 0 aliphatic carbocycles. The van der Waals surface area contributed by atoms with Crippen LogP contribution < -0.4 is 10.2 Å². The molecule has 1 unspecified atom stereocenters. The molecule has 0 amide bonds. The summed E-state index contributed by atoms with van der Waals surface area (Å²) in [5, 5.41) is 13.3. The zero-order valence-corrected chi connectivity index (χ0v) is 13.8. The molecule has 0 spiro atoms. The number of halogens is 1. The Kier molecular flexibility index (Phi) is 4.04. The third-order valence-corrected chi connectivity index (χ3v) is 4.21. The first-order valence-electron chi connectivity index (χ1n) is 7.04. The van der Waals surface area contributed by atoms with Gasteiger partial charge in [0.05, 0.1) is 24.9 Å². The van der Waals surface area contributed by atoms with Gasteiger partial charge >= 0.3 is 0 Å². The highest BCUT2D eigenvalue weighted by Crippen LogP contribution is 2.36. The highest BCUT2D eigenvalue weighted by atomic mass is 79.9. The molecule has 0 radical (unpaired) electrons. The summed E-state index contributed by atoms with van der Waals surface area (Å²) in [6.45, 7) is 8.38. The Morgan fingerprint density at radius 2 is 2.19 bits per heavy atom. The van der Waals surface area contributed by atoms with E-state index >= 15 is 0 Å². The van der Waals surface area contributed by atoms with Crippen LogP contribution in [0.1, 0.15) is 13.8 Å². The Hall–Kier alpha value is -0.960. The molecule has 2 aliphatic rings. The maximum absolute atomic E-state index is 10.3. The van der Waals surface area contributed by atoms with Gasteiger partial charge in [-0.1, -0.05) is 0 Å². The maximum atomic E-state index is 10.3. The number of rotatable bonds is 3. The molecule has 1 fully saturated rings. The lowest BCUT2D eigenvalue weighted by molar-refractivity contribution is 0.0264.